The van der Waals surface area contributed by atoms with Gasteiger partial charge < -0.3 is 20.2 Å². The summed E-state index contributed by atoms with van der Waals surface area (Å²) >= 11 is 0. The summed E-state index contributed by atoms with van der Waals surface area (Å²) in [6.07, 6.45) is 0. The van der Waals surface area contributed by atoms with Crippen LogP contribution in [0, 0.1) is 17.0 Å². The molecule has 0 saturated carbocycles. The number of nitrogens with one attached hydrogen (secondary N) is 2. The molecule has 1 aromatic carbocycles. The number of hydrogen-bond acceptors (Lipinski definition) is 7. The van der Waals surface area contributed by atoms with Crippen LogP contribution >= 0.6 is 0 Å². The quantitative estimate of drug-likeness (QED) is 0.466. The molecule has 31 heavy (non-hydrogen) atoms. The van der Waals surface area contributed by atoms with Crippen LogP contribution in [0.5, 0.6) is 5.75 Å². The zero-order valence-electron chi connectivity index (χ0n) is 18.1. The number of piperazine rings is 1. The predicted octanol–water partition coefficient (Wildman–Crippen LogP) is -0.0885. The Balaban J connectivity index is 1.51. The molecule has 1 aliphatic rings. The highest BCUT2D eigenvalue weighted by atomic mass is 16.6. The molecular formula is C21H28N6O4. The molecule has 1 aliphatic heterocycles. The first-order valence-electron chi connectivity index (χ1n) is 10.4. The smallest absolute Gasteiger partial charge is 0.275 e. The lowest BCUT2D eigenvalue weighted by molar-refractivity contribution is -0.892. The number of nitrogens with zero attached hydrogens (tertiary/aromatic N) is 4. The number of quaternary nitrogens is 1. The van der Waals surface area contributed by atoms with Crippen molar-refractivity contribution in [3.63, 3.8) is 0 Å². The van der Waals surface area contributed by atoms with Gasteiger partial charge in [0.05, 0.1) is 31.1 Å². The van der Waals surface area contributed by atoms with Gasteiger partial charge in [0.15, 0.2) is 6.54 Å². The second-order valence-electron chi connectivity index (χ2n) is 8.12. The second-order valence-corrected chi connectivity index (χ2v) is 8.12. The molecule has 1 fully saturated rings. The normalized spacial score (nSPS) is 14.6. The summed E-state index contributed by atoms with van der Waals surface area (Å²) in [7, 11) is 0. The van der Waals surface area contributed by atoms with Gasteiger partial charge in [0.2, 0.25) is 0 Å². The maximum atomic E-state index is 12.3. The van der Waals surface area contributed by atoms with E-state index in [1.165, 1.54) is 12.1 Å². The minimum atomic E-state index is -0.558. The maximum Gasteiger partial charge on any atom is 0.275 e. The van der Waals surface area contributed by atoms with E-state index in [1.807, 2.05) is 13.0 Å². The van der Waals surface area contributed by atoms with Crippen molar-refractivity contribution in [2.45, 2.75) is 33.2 Å². The van der Waals surface area contributed by atoms with Crippen molar-refractivity contribution < 1.29 is 19.7 Å². The highest BCUT2D eigenvalue weighted by Crippen LogP contribution is 2.20. The molecule has 2 heterocycles. The first-order valence-corrected chi connectivity index (χ1v) is 10.4. The number of carbonyl (C=O) groups is 1. The van der Waals surface area contributed by atoms with Crippen LogP contribution in [-0.2, 0) is 11.3 Å². The molecule has 0 bridgehead atoms. The van der Waals surface area contributed by atoms with E-state index in [4.69, 9.17) is 0 Å². The molecule has 1 saturated heterocycles. The Bertz CT molecular complexity index is 957. The summed E-state index contributed by atoms with van der Waals surface area (Å²) in [6.45, 7) is 9.53. The zero-order chi connectivity index (χ0) is 22.5. The van der Waals surface area contributed by atoms with Crippen molar-refractivity contribution >= 4 is 17.4 Å². The molecule has 0 spiro atoms. The molecular weight excluding hydrogens is 400 g/mol. The molecule has 1 amide bonds. The topological polar surface area (TPSA) is 129 Å². The first kappa shape index (κ1) is 22.4. The van der Waals surface area contributed by atoms with E-state index < -0.39 is 4.92 Å². The number of non-ortho nitro benzene ring substituents is 1. The van der Waals surface area contributed by atoms with Gasteiger partial charge in [-0.3, -0.25) is 14.9 Å². The van der Waals surface area contributed by atoms with Gasteiger partial charge in [0.25, 0.3) is 11.6 Å². The number of amides is 1. The Hall–Kier alpha value is -3.27. The van der Waals surface area contributed by atoms with Crippen LogP contribution in [-0.4, -0.2) is 53.5 Å². The standard InChI is InChI=1S/C21H28N6O4/c1-14(2)21-23-15(3)10-19(24-21)26-8-6-25(7-9-26)13-20(29)22-12-16-11-17(27(30)31)4-5-18(16)28/h4-5,10-11,14,28H,6-9,12-13H2,1-3H3,(H,22,29). The molecule has 0 radical (unpaired) electrons. The van der Waals surface area contributed by atoms with Crippen molar-refractivity contribution in [2.75, 3.05) is 37.6 Å². The number of carbonyl (C=O) groups excluding carboxylic acids is 1. The molecule has 0 atom stereocenters. The molecule has 1 aromatic heterocycles. The highest BCUT2D eigenvalue weighted by Gasteiger charge is 2.24. The first-order chi connectivity index (χ1) is 14.7. The number of nitro groups is 1. The number of rotatable bonds is 7. The third kappa shape index (κ3) is 5.88. The third-order valence-corrected chi connectivity index (χ3v) is 5.31. The van der Waals surface area contributed by atoms with E-state index in [0.717, 1.165) is 54.5 Å². The fourth-order valence-electron chi connectivity index (χ4n) is 3.52. The van der Waals surface area contributed by atoms with E-state index in [2.05, 4.69) is 34.0 Å². The van der Waals surface area contributed by atoms with Crippen molar-refractivity contribution in [3.05, 3.63) is 51.5 Å². The van der Waals surface area contributed by atoms with E-state index in [-0.39, 0.29) is 41.9 Å². The van der Waals surface area contributed by atoms with Crippen molar-refractivity contribution in [1.29, 1.82) is 0 Å². The molecule has 10 nitrogen and oxygen atoms in total. The minimum Gasteiger partial charge on any atom is -0.872 e. The summed E-state index contributed by atoms with van der Waals surface area (Å²) in [4.78, 5) is 35.2. The van der Waals surface area contributed by atoms with Gasteiger partial charge in [-0.25, -0.2) is 9.97 Å². The fraction of sp³-hybridized carbons (Fsp3) is 0.476. The van der Waals surface area contributed by atoms with Crippen LogP contribution in [0.25, 0.3) is 0 Å². The molecule has 0 unspecified atom stereocenters. The molecule has 3 rings (SSSR count). The summed E-state index contributed by atoms with van der Waals surface area (Å²) in [5.41, 5.74) is 0.996. The van der Waals surface area contributed by atoms with Crippen molar-refractivity contribution in [2.24, 2.45) is 0 Å². The average Bonchev–Trinajstić information content (AvgIpc) is 2.73. The number of benzene rings is 1. The number of hydrogen-bond donors (Lipinski definition) is 2. The van der Waals surface area contributed by atoms with Crippen LogP contribution in [0.15, 0.2) is 24.3 Å². The third-order valence-electron chi connectivity index (χ3n) is 5.31. The number of aryl methyl sites for hydroxylation is 1. The highest BCUT2D eigenvalue weighted by molar-refractivity contribution is 5.76. The Labute approximate surface area is 181 Å². The van der Waals surface area contributed by atoms with E-state index in [1.54, 1.807) is 0 Å². The van der Waals surface area contributed by atoms with E-state index in [9.17, 15) is 20.0 Å². The largest absolute Gasteiger partial charge is 0.872 e. The maximum absolute atomic E-state index is 12.3. The van der Waals surface area contributed by atoms with Crippen LogP contribution in [0.4, 0.5) is 11.5 Å². The van der Waals surface area contributed by atoms with Gasteiger partial charge in [-0.05, 0) is 12.5 Å². The van der Waals surface area contributed by atoms with Gasteiger partial charge in [-0.2, -0.15) is 0 Å². The van der Waals surface area contributed by atoms with Gasteiger partial charge >= 0.3 is 0 Å². The second kappa shape index (κ2) is 9.69. The Morgan fingerprint density at radius 1 is 1.26 bits per heavy atom. The molecule has 2 N–H and O–H groups in total. The zero-order valence-corrected chi connectivity index (χ0v) is 18.1. The van der Waals surface area contributed by atoms with E-state index in [0.29, 0.717) is 0 Å². The Morgan fingerprint density at radius 2 is 1.97 bits per heavy atom. The molecule has 10 heteroatoms. The van der Waals surface area contributed by atoms with Gasteiger partial charge in [0.1, 0.15) is 11.6 Å². The number of aromatic nitrogens is 2. The van der Waals surface area contributed by atoms with E-state index >= 15 is 0 Å². The summed E-state index contributed by atoms with van der Waals surface area (Å²) in [5, 5.41) is 25.4. The van der Waals surface area contributed by atoms with Crippen molar-refractivity contribution in [1.82, 2.24) is 15.3 Å². The van der Waals surface area contributed by atoms with Gasteiger partial charge in [-0.15, -0.1) is 5.75 Å². The average molecular weight is 428 g/mol. The molecule has 0 aliphatic carbocycles. The Kier molecular flexibility index (Phi) is 7.01. The fourth-order valence-corrected chi connectivity index (χ4v) is 3.52. The molecule has 166 valence electrons. The van der Waals surface area contributed by atoms with Crippen molar-refractivity contribution in [3.8, 4) is 5.75 Å². The van der Waals surface area contributed by atoms with Gasteiger partial charge in [-0.1, -0.05) is 19.9 Å². The lowest BCUT2D eigenvalue weighted by Gasteiger charge is -2.33. The van der Waals surface area contributed by atoms with Crippen LogP contribution in [0.1, 0.15) is 36.8 Å². The summed E-state index contributed by atoms with van der Waals surface area (Å²) in [6, 6.07) is 5.52. The number of anilines is 1. The summed E-state index contributed by atoms with van der Waals surface area (Å²) < 4.78 is 0. The Morgan fingerprint density at radius 3 is 2.61 bits per heavy atom. The van der Waals surface area contributed by atoms with Crippen LogP contribution < -0.4 is 20.2 Å². The predicted molar refractivity (Wildman–Crippen MR) is 113 cm³/mol. The lowest BCUT2D eigenvalue weighted by atomic mass is 10.1. The SMILES string of the molecule is Cc1cc(N2CC[NH+](CC(=O)NCc3cc([N+](=O)[O-])ccc3[O-])CC2)nc(C(C)C)n1. The van der Waals surface area contributed by atoms with Crippen LogP contribution in [0.3, 0.4) is 0 Å². The monoisotopic (exact) mass is 428 g/mol. The number of nitro benzene ring substituents is 1. The summed E-state index contributed by atoms with van der Waals surface area (Å²) in [5.74, 6) is 1.51. The van der Waals surface area contributed by atoms with Gasteiger partial charge in [0, 0.05) is 36.4 Å². The molecule has 2 aromatic rings. The lowest BCUT2D eigenvalue weighted by Crippen LogP contribution is -3.15. The van der Waals surface area contributed by atoms with Crippen LogP contribution in [0.2, 0.25) is 0 Å². The minimum absolute atomic E-state index is 0.0169.